The first-order valence-electron chi connectivity index (χ1n) is 7.42. The van der Waals surface area contributed by atoms with Crippen LogP contribution in [0.25, 0.3) is 0 Å². The quantitative estimate of drug-likeness (QED) is 0.738. The molecule has 2 rings (SSSR count). The molecule has 0 saturated heterocycles. The second-order valence-corrected chi connectivity index (χ2v) is 7.76. The van der Waals surface area contributed by atoms with Gasteiger partial charge in [0.15, 0.2) is 5.78 Å². The molecule has 1 aromatic heterocycles. The van der Waals surface area contributed by atoms with Gasteiger partial charge in [0, 0.05) is 11.8 Å². The lowest BCUT2D eigenvalue weighted by atomic mass is 10.2. The van der Waals surface area contributed by atoms with Gasteiger partial charge in [0.2, 0.25) is 10.0 Å². The second kappa shape index (κ2) is 7.90. The molecule has 25 heavy (non-hydrogen) atoms. The van der Waals surface area contributed by atoms with Crippen LogP contribution in [0.5, 0.6) is 0 Å². The predicted octanol–water partition coefficient (Wildman–Crippen LogP) is 2.37. The van der Waals surface area contributed by atoms with Gasteiger partial charge in [0.25, 0.3) is 0 Å². The zero-order valence-corrected chi connectivity index (χ0v) is 15.0. The molecule has 0 fully saturated rings. The van der Waals surface area contributed by atoms with Crippen molar-refractivity contribution in [1.82, 2.24) is 4.98 Å². The fourth-order valence-corrected chi connectivity index (χ4v) is 3.34. The van der Waals surface area contributed by atoms with Crippen LogP contribution in [-0.4, -0.2) is 31.5 Å². The van der Waals surface area contributed by atoms with Crippen LogP contribution < -0.4 is 10.0 Å². The molecular weight excluding hydrogens is 369 g/mol. The van der Waals surface area contributed by atoms with Crippen molar-refractivity contribution in [2.75, 3.05) is 16.6 Å². The summed E-state index contributed by atoms with van der Waals surface area (Å²) < 4.78 is 39.3. The fourth-order valence-electron chi connectivity index (χ4n) is 2.09. The van der Waals surface area contributed by atoms with Crippen molar-refractivity contribution in [3.05, 3.63) is 58.6 Å². The number of carbonyl (C=O) groups is 1. The molecule has 0 unspecified atom stereocenters. The van der Waals surface area contributed by atoms with Crippen LogP contribution >= 0.6 is 11.6 Å². The van der Waals surface area contributed by atoms with Crippen molar-refractivity contribution in [2.45, 2.75) is 13.5 Å². The molecule has 0 atom stereocenters. The molecular formula is C16H17ClFN3O3S. The minimum Gasteiger partial charge on any atom is -0.324 e. The van der Waals surface area contributed by atoms with Gasteiger partial charge in [-0.1, -0.05) is 11.6 Å². The Morgan fingerprint density at radius 1 is 1.32 bits per heavy atom. The Labute approximate surface area is 150 Å². The maximum Gasteiger partial charge on any atom is 0.235 e. The van der Waals surface area contributed by atoms with E-state index in [1.165, 1.54) is 31.3 Å². The van der Waals surface area contributed by atoms with E-state index >= 15 is 0 Å². The molecule has 2 N–H and O–H groups in total. The Balaban J connectivity index is 2.37. The molecule has 0 aliphatic rings. The summed E-state index contributed by atoms with van der Waals surface area (Å²) in [6.45, 7) is 1.30. The monoisotopic (exact) mass is 385 g/mol. The number of carbonyl (C=O) groups excluding carboxylic acids is 1. The number of benzene rings is 1. The van der Waals surface area contributed by atoms with Crippen LogP contribution in [0.4, 0.5) is 10.1 Å². The number of nitrogens with zero attached hydrogens (tertiary/aromatic N) is 2. The van der Waals surface area contributed by atoms with E-state index in [0.717, 1.165) is 10.4 Å². The molecule has 0 saturated carbocycles. The number of nitrogens with two attached hydrogens (primary N) is 1. The lowest BCUT2D eigenvalue weighted by Gasteiger charge is -2.24. The van der Waals surface area contributed by atoms with Gasteiger partial charge in [-0.25, -0.2) is 12.8 Å². The second-order valence-electron chi connectivity index (χ2n) is 5.17. The van der Waals surface area contributed by atoms with Crippen LogP contribution in [0.15, 0.2) is 36.5 Å². The van der Waals surface area contributed by atoms with Gasteiger partial charge < -0.3 is 5.73 Å². The summed E-state index contributed by atoms with van der Waals surface area (Å²) in [6, 6.07) is 6.77. The van der Waals surface area contributed by atoms with Gasteiger partial charge in [-0.15, -0.1) is 0 Å². The van der Waals surface area contributed by atoms with Gasteiger partial charge in [-0.05, 0) is 37.3 Å². The number of hydrogen-bond donors (Lipinski definition) is 1. The van der Waals surface area contributed by atoms with Crippen LogP contribution in [0, 0.1) is 5.82 Å². The average Bonchev–Trinajstić information content (AvgIpc) is 2.61. The van der Waals surface area contributed by atoms with Crippen LogP contribution in [0.1, 0.15) is 23.0 Å². The number of rotatable bonds is 7. The van der Waals surface area contributed by atoms with Gasteiger partial charge in [0.05, 0.1) is 35.2 Å². The molecule has 0 aliphatic heterocycles. The van der Waals surface area contributed by atoms with E-state index in [4.69, 9.17) is 17.3 Å². The van der Waals surface area contributed by atoms with Gasteiger partial charge in [-0.3, -0.25) is 14.1 Å². The summed E-state index contributed by atoms with van der Waals surface area (Å²) in [5, 5.41) is -0.175. The van der Waals surface area contributed by atoms with E-state index in [1.54, 1.807) is 6.07 Å². The van der Waals surface area contributed by atoms with Crippen molar-refractivity contribution in [3.8, 4) is 0 Å². The topological polar surface area (TPSA) is 93.4 Å². The maximum atomic E-state index is 13.4. The molecule has 1 aromatic carbocycles. The number of ketones is 1. The van der Waals surface area contributed by atoms with E-state index in [-0.39, 0.29) is 35.3 Å². The zero-order valence-electron chi connectivity index (χ0n) is 13.4. The highest BCUT2D eigenvalue weighted by molar-refractivity contribution is 7.92. The van der Waals surface area contributed by atoms with Crippen LogP contribution in [0.2, 0.25) is 5.02 Å². The standard InChI is InChI=1S/C16H17ClFN3O3S/c1-2-25(23,24)21(13-5-6-15(18)14(17)7-13)10-12-4-3-11(9-20-12)16(22)8-19/h3-7,9H,2,8,10,19H2,1H3. The molecule has 2 aromatic rings. The number of aromatic nitrogens is 1. The molecule has 0 spiro atoms. The molecule has 134 valence electrons. The number of halogens is 2. The van der Waals surface area contributed by atoms with Crippen LogP contribution in [0.3, 0.4) is 0 Å². The highest BCUT2D eigenvalue weighted by Gasteiger charge is 2.22. The Morgan fingerprint density at radius 3 is 2.56 bits per heavy atom. The van der Waals surface area contributed by atoms with E-state index in [9.17, 15) is 17.6 Å². The molecule has 1 heterocycles. The summed E-state index contributed by atoms with van der Waals surface area (Å²) in [4.78, 5) is 15.6. The average molecular weight is 386 g/mol. The maximum absolute atomic E-state index is 13.4. The Hall–Kier alpha value is -2.03. The smallest absolute Gasteiger partial charge is 0.235 e. The fraction of sp³-hybridized carbons (Fsp3) is 0.250. The summed E-state index contributed by atoms with van der Waals surface area (Å²) in [5.74, 6) is -1.05. The van der Waals surface area contributed by atoms with Gasteiger partial charge >= 0.3 is 0 Å². The molecule has 0 radical (unpaired) electrons. The summed E-state index contributed by atoms with van der Waals surface area (Å²) in [6.07, 6.45) is 1.35. The van der Waals surface area contributed by atoms with Gasteiger partial charge in [0.1, 0.15) is 5.82 Å². The first-order chi connectivity index (χ1) is 11.8. The minimum atomic E-state index is -3.65. The summed E-state index contributed by atoms with van der Waals surface area (Å²) in [5.41, 5.74) is 6.30. The molecule has 0 bridgehead atoms. The minimum absolute atomic E-state index is 0.0742. The molecule has 0 aliphatic carbocycles. The van der Waals surface area contributed by atoms with Crippen molar-refractivity contribution < 1.29 is 17.6 Å². The Kier molecular flexibility index (Phi) is 6.10. The third kappa shape index (κ3) is 4.53. The lowest BCUT2D eigenvalue weighted by molar-refractivity contribution is 0.100. The highest BCUT2D eigenvalue weighted by Crippen LogP contribution is 2.26. The van der Waals surface area contributed by atoms with Crippen molar-refractivity contribution in [1.29, 1.82) is 0 Å². The highest BCUT2D eigenvalue weighted by atomic mass is 35.5. The molecule has 9 heteroatoms. The first-order valence-corrected chi connectivity index (χ1v) is 9.41. The summed E-state index contributed by atoms with van der Waals surface area (Å²) >= 11 is 5.76. The van der Waals surface area contributed by atoms with E-state index < -0.39 is 15.8 Å². The van der Waals surface area contributed by atoms with Crippen LogP contribution in [-0.2, 0) is 16.6 Å². The number of Topliss-reactive ketones (excluding diaryl/α,β-unsaturated/α-hetero) is 1. The van der Waals surface area contributed by atoms with Crippen molar-refractivity contribution in [2.24, 2.45) is 5.73 Å². The first kappa shape index (κ1) is 19.3. The third-order valence-corrected chi connectivity index (χ3v) is 5.56. The number of pyridine rings is 1. The lowest BCUT2D eigenvalue weighted by Crippen LogP contribution is -2.32. The normalized spacial score (nSPS) is 11.4. The Morgan fingerprint density at radius 2 is 2.04 bits per heavy atom. The van der Waals surface area contributed by atoms with Crippen molar-refractivity contribution in [3.63, 3.8) is 0 Å². The van der Waals surface area contributed by atoms with E-state index in [0.29, 0.717) is 11.3 Å². The van der Waals surface area contributed by atoms with Crippen molar-refractivity contribution >= 4 is 33.1 Å². The largest absolute Gasteiger partial charge is 0.324 e. The molecule has 6 nitrogen and oxygen atoms in total. The Bertz CT molecular complexity index is 873. The SMILES string of the molecule is CCS(=O)(=O)N(Cc1ccc(C(=O)CN)cn1)c1ccc(F)c(Cl)c1. The number of sulfonamides is 1. The van der Waals surface area contributed by atoms with E-state index in [2.05, 4.69) is 4.98 Å². The van der Waals surface area contributed by atoms with E-state index in [1.807, 2.05) is 0 Å². The predicted molar refractivity (Wildman–Crippen MR) is 94.7 cm³/mol. The zero-order chi connectivity index (χ0) is 18.6. The third-order valence-electron chi connectivity index (χ3n) is 3.53. The number of hydrogen-bond acceptors (Lipinski definition) is 5. The molecule has 0 amide bonds. The van der Waals surface area contributed by atoms with Gasteiger partial charge in [-0.2, -0.15) is 0 Å². The summed E-state index contributed by atoms with van der Waals surface area (Å²) in [7, 11) is -3.65. The number of anilines is 1.